The standard InChI is InChI=1S/C40H62ClN4O7PS/c1-5-6-7-8-9-10-11-12-13-14-15-16-17-20-27-54-28-21-26-47-53(46,52-33-23-19-18-22-31(33)41)48-29-34-36-37(51-39(2,3)50-36)40(4,49-34)35-25-24-32-38(42)43-30-44-45(32)35/h18-19,22-25,30,34,36-37H,5-17,20-21,26-29H2,1-4H3,(H2,42,43,44)/t34-,36-,37-,40+,53?/m1/s1. The van der Waals surface area contributed by atoms with Crippen molar-refractivity contribution in [1.29, 1.82) is 0 Å². The molecule has 11 nitrogen and oxygen atoms in total. The van der Waals surface area contributed by atoms with E-state index in [2.05, 4.69) is 17.0 Å². The summed E-state index contributed by atoms with van der Waals surface area (Å²) in [5.41, 5.74) is 6.47. The molecular weight excluding hydrogens is 747 g/mol. The van der Waals surface area contributed by atoms with Crippen LogP contribution >= 0.6 is 31.2 Å². The lowest BCUT2D eigenvalue weighted by Crippen LogP contribution is -2.39. The van der Waals surface area contributed by atoms with E-state index in [1.807, 2.05) is 44.7 Å². The zero-order chi connectivity index (χ0) is 38.4. The zero-order valence-corrected chi connectivity index (χ0v) is 35.2. The van der Waals surface area contributed by atoms with E-state index in [-0.39, 0.29) is 19.0 Å². The van der Waals surface area contributed by atoms with Crippen molar-refractivity contribution < 1.29 is 32.3 Å². The highest BCUT2D eigenvalue weighted by molar-refractivity contribution is 7.99. The van der Waals surface area contributed by atoms with Gasteiger partial charge in [0.2, 0.25) is 0 Å². The molecule has 14 heteroatoms. The number of phosphoric acid groups is 1. The van der Waals surface area contributed by atoms with Crippen LogP contribution in [-0.4, -0.2) is 63.4 Å². The molecule has 2 saturated heterocycles. The van der Waals surface area contributed by atoms with Crippen LogP contribution in [0.2, 0.25) is 5.02 Å². The van der Waals surface area contributed by atoms with Gasteiger partial charge in [0.1, 0.15) is 41.5 Å². The first-order chi connectivity index (χ1) is 26.1. The average Bonchev–Trinajstić information content (AvgIpc) is 3.81. The Morgan fingerprint density at radius 3 is 2.19 bits per heavy atom. The molecule has 5 atom stereocenters. The fourth-order valence-corrected chi connectivity index (χ4v) is 9.76. The van der Waals surface area contributed by atoms with E-state index < -0.39 is 37.5 Å². The van der Waals surface area contributed by atoms with Gasteiger partial charge in [-0.15, -0.1) is 0 Å². The number of hydrogen-bond donors (Lipinski definition) is 1. The summed E-state index contributed by atoms with van der Waals surface area (Å²) in [5, 5.41) is 4.72. The van der Waals surface area contributed by atoms with Gasteiger partial charge in [-0.2, -0.15) is 16.9 Å². The maximum Gasteiger partial charge on any atom is 0.530 e. The Bertz CT molecular complexity index is 1630. The molecule has 2 N–H and O–H groups in total. The fourth-order valence-electron chi connectivity index (χ4n) is 7.33. The van der Waals surface area contributed by atoms with Gasteiger partial charge >= 0.3 is 7.82 Å². The average molecular weight is 809 g/mol. The van der Waals surface area contributed by atoms with Gasteiger partial charge in [0.05, 0.1) is 23.9 Å². The van der Waals surface area contributed by atoms with E-state index >= 15 is 0 Å². The predicted octanol–water partition coefficient (Wildman–Crippen LogP) is 10.9. The smallest absolute Gasteiger partial charge is 0.402 e. The van der Waals surface area contributed by atoms with Crippen LogP contribution in [0.5, 0.6) is 5.75 Å². The molecular formula is C40H62ClN4O7PS. The third kappa shape index (κ3) is 12.1. The third-order valence-electron chi connectivity index (χ3n) is 10.2. The van der Waals surface area contributed by atoms with Crippen molar-refractivity contribution in [2.75, 3.05) is 30.5 Å². The summed E-state index contributed by atoms with van der Waals surface area (Å²) in [6.07, 6.45) is 19.4. The van der Waals surface area contributed by atoms with E-state index in [4.69, 9.17) is 45.1 Å². The lowest BCUT2D eigenvalue weighted by atomic mass is 9.93. The summed E-state index contributed by atoms with van der Waals surface area (Å²) in [7, 11) is -4.14. The first-order valence-electron chi connectivity index (χ1n) is 20.1. The van der Waals surface area contributed by atoms with E-state index in [0.717, 1.165) is 11.5 Å². The summed E-state index contributed by atoms with van der Waals surface area (Å²) in [6.45, 7) is 7.96. The number of anilines is 1. The molecule has 0 amide bonds. The van der Waals surface area contributed by atoms with Crippen LogP contribution in [0, 0.1) is 0 Å². The predicted molar refractivity (Wildman–Crippen MR) is 217 cm³/mol. The van der Waals surface area contributed by atoms with Crippen LogP contribution in [-0.2, 0) is 33.4 Å². The second kappa shape index (κ2) is 21.0. The molecule has 5 rings (SSSR count). The molecule has 0 radical (unpaired) electrons. The maximum absolute atomic E-state index is 14.2. The number of unbranched alkanes of at least 4 members (excludes halogenated alkanes) is 13. The van der Waals surface area contributed by atoms with Crippen molar-refractivity contribution in [1.82, 2.24) is 14.6 Å². The topological polar surface area (TPSA) is 129 Å². The largest absolute Gasteiger partial charge is 0.530 e. The lowest BCUT2D eigenvalue weighted by Gasteiger charge is -2.31. The van der Waals surface area contributed by atoms with Crippen molar-refractivity contribution in [3.8, 4) is 5.75 Å². The Balaban J connectivity index is 1.06. The van der Waals surface area contributed by atoms with Crippen molar-refractivity contribution >= 4 is 42.5 Å². The molecule has 2 aliphatic rings. The highest BCUT2D eigenvalue weighted by Crippen LogP contribution is 2.54. The second-order valence-electron chi connectivity index (χ2n) is 15.1. The van der Waals surface area contributed by atoms with Gasteiger partial charge in [-0.1, -0.05) is 114 Å². The van der Waals surface area contributed by atoms with Gasteiger partial charge in [-0.3, -0.25) is 9.05 Å². The Hall–Kier alpha value is -1.89. The van der Waals surface area contributed by atoms with Crippen molar-refractivity contribution in [3.05, 3.63) is 53.4 Å². The van der Waals surface area contributed by atoms with Crippen molar-refractivity contribution in [2.45, 2.75) is 154 Å². The number of phosphoric ester groups is 1. The number of fused-ring (bicyclic) bond motifs is 2. The number of rotatable bonds is 26. The SMILES string of the molecule is CCCCCCCCCCCCCCCCSCCCOP(=O)(OC[C@H]1O[C@@](C)(c2ccc3c(N)ncnn23)[C@@H]2OC(C)(C)O[C@@H]21)Oc1ccccc1Cl. The first kappa shape index (κ1) is 43.2. The van der Waals surface area contributed by atoms with E-state index in [1.54, 1.807) is 28.8 Å². The molecule has 4 heterocycles. The number of ether oxygens (including phenoxy) is 3. The van der Waals surface area contributed by atoms with E-state index in [1.165, 1.54) is 96.2 Å². The van der Waals surface area contributed by atoms with Gasteiger partial charge in [-0.05, 0) is 69.4 Å². The number of nitrogens with two attached hydrogens (primary N) is 1. The van der Waals surface area contributed by atoms with Gasteiger partial charge in [0.15, 0.2) is 11.6 Å². The van der Waals surface area contributed by atoms with Gasteiger partial charge < -0.3 is 24.5 Å². The molecule has 2 aromatic heterocycles. The molecule has 2 fully saturated rings. The number of halogens is 1. The van der Waals surface area contributed by atoms with Crippen LogP contribution in [0.1, 0.15) is 130 Å². The minimum atomic E-state index is -4.14. The number of nitrogens with zero attached hydrogens (tertiary/aromatic N) is 3. The summed E-state index contributed by atoms with van der Waals surface area (Å²) >= 11 is 8.28. The number of aromatic nitrogens is 3. The number of nitrogen functional groups attached to an aromatic ring is 1. The highest BCUT2D eigenvalue weighted by Gasteiger charge is 2.62. The van der Waals surface area contributed by atoms with E-state index in [9.17, 15) is 4.57 Å². The maximum atomic E-state index is 14.2. The minimum absolute atomic E-state index is 0.147. The molecule has 1 unspecified atom stereocenters. The van der Waals surface area contributed by atoms with Gasteiger partial charge in [0, 0.05) is 0 Å². The van der Waals surface area contributed by atoms with Crippen LogP contribution in [0.25, 0.3) is 5.52 Å². The second-order valence-corrected chi connectivity index (χ2v) is 18.3. The number of thioether (sulfide) groups is 1. The zero-order valence-electron chi connectivity index (χ0n) is 32.7. The number of hydrogen-bond acceptors (Lipinski definition) is 11. The first-order valence-corrected chi connectivity index (χ1v) is 23.1. The van der Waals surface area contributed by atoms with Crippen LogP contribution in [0.15, 0.2) is 42.7 Å². The number of benzene rings is 1. The van der Waals surface area contributed by atoms with Gasteiger partial charge in [-0.25, -0.2) is 14.1 Å². The van der Waals surface area contributed by atoms with Crippen LogP contribution in [0.3, 0.4) is 0 Å². The van der Waals surface area contributed by atoms with Gasteiger partial charge in [0.25, 0.3) is 0 Å². The summed E-state index contributed by atoms with van der Waals surface area (Å²) < 4.78 is 53.1. The molecule has 54 heavy (non-hydrogen) atoms. The molecule has 3 aromatic rings. The fraction of sp³-hybridized carbons (Fsp3) is 0.700. The monoisotopic (exact) mass is 808 g/mol. The van der Waals surface area contributed by atoms with Crippen LogP contribution in [0.4, 0.5) is 5.82 Å². The van der Waals surface area contributed by atoms with Crippen molar-refractivity contribution in [3.63, 3.8) is 0 Å². The molecule has 0 spiro atoms. The van der Waals surface area contributed by atoms with Crippen LogP contribution < -0.4 is 10.3 Å². The van der Waals surface area contributed by atoms with E-state index in [0.29, 0.717) is 28.5 Å². The summed E-state index contributed by atoms with van der Waals surface area (Å²) in [6, 6.07) is 10.6. The molecule has 0 saturated carbocycles. The van der Waals surface area contributed by atoms with Crippen molar-refractivity contribution in [2.24, 2.45) is 0 Å². The summed E-state index contributed by atoms with van der Waals surface area (Å²) in [5.74, 6) is 1.66. The number of para-hydroxylation sites is 1. The Kier molecular flexibility index (Phi) is 16.8. The minimum Gasteiger partial charge on any atom is -0.402 e. The molecule has 1 aromatic carbocycles. The Labute approximate surface area is 331 Å². The molecule has 0 aliphatic carbocycles. The Morgan fingerprint density at radius 2 is 1.50 bits per heavy atom. The molecule has 0 bridgehead atoms. The Morgan fingerprint density at radius 1 is 0.852 bits per heavy atom. The normalized spacial score (nSPS) is 23.2. The summed E-state index contributed by atoms with van der Waals surface area (Å²) in [4.78, 5) is 4.11. The highest BCUT2D eigenvalue weighted by atomic mass is 35.5. The third-order valence-corrected chi connectivity index (χ3v) is 13.0. The molecule has 2 aliphatic heterocycles. The quantitative estimate of drug-likeness (QED) is 0.0614. The molecule has 302 valence electrons. The lowest BCUT2D eigenvalue weighted by molar-refractivity contribution is -0.212.